The van der Waals surface area contributed by atoms with E-state index in [1.54, 1.807) is 12.1 Å². The summed E-state index contributed by atoms with van der Waals surface area (Å²) in [6.07, 6.45) is -1.49. The van der Waals surface area contributed by atoms with Gasteiger partial charge in [-0.1, -0.05) is 0 Å². The van der Waals surface area contributed by atoms with Crippen molar-refractivity contribution in [2.24, 2.45) is 0 Å². The van der Waals surface area contributed by atoms with Gasteiger partial charge in [0.25, 0.3) is 5.54 Å². The molecule has 0 amide bonds. The minimum Gasteiger partial charge on any atom is -0.351 e. The Morgan fingerprint density at radius 3 is 2.35 bits per heavy atom. The molecule has 2 saturated carbocycles. The Morgan fingerprint density at radius 1 is 0.973 bits per heavy atom. The number of rotatable bonds is 6. The number of alkyl halides is 5. The first-order valence-corrected chi connectivity index (χ1v) is 11.0. The van der Waals surface area contributed by atoms with E-state index in [0.717, 1.165) is 6.20 Å². The molecule has 2 aliphatic carbocycles. The third-order valence-electron chi connectivity index (χ3n) is 5.94. The highest BCUT2D eigenvalue weighted by molar-refractivity contribution is 7.59. The Labute approximate surface area is 214 Å². The van der Waals surface area contributed by atoms with Gasteiger partial charge in [0.15, 0.2) is 5.82 Å². The summed E-state index contributed by atoms with van der Waals surface area (Å²) in [5.74, 6) is -4.54. The standard InChI is InChI=1S/C22H18F5N9.H2S/c1-28-20(6-7-20)15-10-12(3-8-29-15)31-18-34-16(14-4-9-30-17(33-14)22(25,26)27)35-19(36-18)32-13-2-5-21(23,24)11-13;/h3-4,8-10,13H,2,5-7,11H2,(H2,29,31,32,34,35,36);1H2/t13-;/m1./s1. The number of hydrogen-bond acceptors (Lipinski definition) is 8. The summed E-state index contributed by atoms with van der Waals surface area (Å²) in [6.45, 7) is 7.42. The zero-order valence-electron chi connectivity index (χ0n) is 19.0. The highest BCUT2D eigenvalue weighted by Crippen LogP contribution is 2.49. The fraction of sp³-hybridized carbons (Fsp3) is 0.409. The molecule has 2 fully saturated rings. The van der Waals surface area contributed by atoms with E-state index in [9.17, 15) is 22.0 Å². The van der Waals surface area contributed by atoms with Crippen molar-refractivity contribution in [1.82, 2.24) is 29.9 Å². The van der Waals surface area contributed by atoms with Crippen LogP contribution in [0.5, 0.6) is 0 Å². The molecule has 194 valence electrons. The second-order valence-corrected chi connectivity index (χ2v) is 8.71. The number of nitrogens with one attached hydrogen (secondary N) is 2. The molecule has 1 atom stereocenters. The third-order valence-corrected chi connectivity index (χ3v) is 5.94. The molecule has 0 bridgehead atoms. The van der Waals surface area contributed by atoms with Crippen molar-refractivity contribution in [3.8, 4) is 11.5 Å². The minimum atomic E-state index is -4.78. The quantitative estimate of drug-likeness (QED) is 0.330. The van der Waals surface area contributed by atoms with Crippen LogP contribution in [0.2, 0.25) is 0 Å². The van der Waals surface area contributed by atoms with E-state index in [0.29, 0.717) is 24.2 Å². The first kappa shape index (κ1) is 26.4. The number of hydrogen-bond donors (Lipinski definition) is 2. The summed E-state index contributed by atoms with van der Waals surface area (Å²) in [6, 6.07) is 3.87. The molecule has 9 nitrogen and oxygen atoms in total. The number of nitrogens with zero attached hydrogens (tertiary/aromatic N) is 7. The molecule has 2 aliphatic rings. The Morgan fingerprint density at radius 2 is 1.70 bits per heavy atom. The molecule has 0 spiro atoms. The van der Waals surface area contributed by atoms with E-state index in [2.05, 4.69) is 45.4 Å². The Balaban J connectivity index is 0.00000320. The van der Waals surface area contributed by atoms with Gasteiger partial charge < -0.3 is 15.5 Å². The van der Waals surface area contributed by atoms with E-state index in [1.165, 1.54) is 12.3 Å². The molecular weight excluding hydrogens is 517 g/mol. The number of halogens is 5. The van der Waals surface area contributed by atoms with Crippen molar-refractivity contribution in [2.45, 2.75) is 55.8 Å². The van der Waals surface area contributed by atoms with Crippen molar-refractivity contribution >= 4 is 31.1 Å². The molecule has 0 aromatic carbocycles. The zero-order valence-corrected chi connectivity index (χ0v) is 20.0. The molecule has 37 heavy (non-hydrogen) atoms. The average Bonchev–Trinajstić information content (AvgIpc) is 3.56. The second-order valence-electron chi connectivity index (χ2n) is 8.71. The highest BCUT2D eigenvalue weighted by Gasteiger charge is 2.54. The van der Waals surface area contributed by atoms with Crippen LogP contribution in [0.4, 0.5) is 39.5 Å². The molecule has 0 saturated heterocycles. The molecule has 15 heteroatoms. The largest absolute Gasteiger partial charge is 0.451 e. The summed E-state index contributed by atoms with van der Waals surface area (Å²) in [7, 11) is 0. The first-order valence-electron chi connectivity index (χ1n) is 11.0. The van der Waals surface area contributed by atoms with Crippen molar-refractivity contribution in [2.75, 3.05) is 10.6 Å². The van der Waals surface area contributed by atoms with Gasteiger partial charge >= 0.3 is 6.18 Å². The maximum absolute atomic E-state index is 13.7. The Bertz CT molecular complexity index is 1340. The van der Waals surface area contributed by atoms with Crippen LogP contribution in [0.3, 0.4) is 0 Å². The van der Waals surface area contributed by atoms with Crippen LogP contribution in [0.25, 0.3) is 16.4 Å². The topological polar surface area (TPSA) is 106 Å². The second kappa shape index (κ2) is 9.66. The van der Waals surface area contributed by atoms with Gasteiger partial charge in [0.2, 0.25) is 23.6 Å². The summed E-state index contributed by atoms with van der Waals surface area (Å²) in [5.41, 5.74) is 0.193. The van der Waals surface area contributed by atoms with E-state index < -0.39 is 35.9 Å². The van der Waals surface area contributed by atoms with Crippen molar-refractivity contribution in [3.05, 3.63) is 53.5 Å². The van der Waals surface area contributed by atoms with Gasteiger partial charge in [-0.3, -0.25) is 4.98 Å². The summed E-state index contributed by atoms with van der Waals surface area (Å²) in [5, 5.41) is 5.78. The molecule has 3 heterocycles. The van der Waals surface area contributed by atoms with Gasteiger partial charge in [0.05, 0.1) is 0 Å². The number of aromatic nitrogens is 6. The van der Waals surface area contributed by atoms with Gasteiger partial charge in [-0.15, -0.1) is 0 Å². The molecular formula is C22H20F5N9S. The molecule has 2 N–H and O–H groups in total. The lowest BCUT2D eigenvalue weighted by molar-refractivity contribution is -0.144. The molecule has 0 unspecified atom stereocenters. The van der Waals surface area contributed by atoms with Crippen LogP contribution in [-0.2, 0) is 11.7 Å². The average molecular weight is 538 g/mol. The minimum absolute atomic E-state index is 0. The van der Waals surface area contributed by atoms with Gasteiger partial charge in [-0.2, -0.15) is 41.6 Å². The van der Waals surface area contributed by atoms with Gasteiger partial charge in [0.1, 0.15) is 11.4 Å². The summed E-state index contributed by atoms with van der Waals surface area (Å²) in [4.78, 5) is 27.2. The predicted molar refractivity (Wildman–Crippen MR) is 127 cm³/mol. The SMILES string of the molecule is S.[C-]#[N+]C1(c2cc(Nc3nc(N[C@@H]4CCC(F)(F)C4)nc(-c4ccnc(C(F)(F)F)n4)n3)ccn2)CC1. The van der Waals surface area contributed by atoms with E-state index in [4.69, 9.17) is 6.57 Å². The Kier molecular flexibility index (Phi) is 6.89. The maximum atomic E-state index is 13.7. The lowest BCUT2D eigenvalue weighted by atomic mass is 10.1. The predicted octanol–water partition coefficient (Wildman–Crippen LogP) is 5.11. The maximum Gasteiger partial charge on any atom is 0.451 e. The molecule has 3 aromatic rings. The van der Waals surface area contributed by atoms with Gasteiger partial charge in [-0.25, -0.2) is 25.3 Å². The molecule has 3 aromatic heterocycles. The van der Waals surface area contributed by atoms with Gasteiger partial charge in [-0.05, 0) is 24.6 Å². The number of pyridine rings is 1. The smallest absolute Gasteiger partial charge is 0.351 e. The highest BCUT2D eigenvalue weighted by atomic mass is 32.1. The van der Waals surface area contributed by atoms with Crippen molar-refractivity contribution in [1.29, 1.82) is 0 Å². The van der Waals surface area contributed by atoms with Crippen LogP contribution in [0, 0.1) is 6.57 Å². The van der Waals surface area contributed by atoms with Crippen LogP contribution in [-0.4, -0.2) is 41.9 Å². The molecule has 5 rings (SSSR count). The molecule has 0 radical (unpaired) electrons. The third kappa shape index (κ3) is 5.85. The van der Waals surface area contributed by atoms with Crippen LogP contribution in [0.1, 0.15) is 43.6 Å². The first-order chi connectivity index (χ1) is 17.1. The zero-order chi connectivity index (χ0) is 25.6. The summed E-state index contributed by atoms with van der Waals surface area (Å²) < 4.78 is 66.8. The van der Waals surface area contributed by atoms with E-state index in [1.807, 2.05) is 0 Å². The number of anilines is 3. The van der Waals surface area contributed by atoms with Crippen LogP contribution in [0.15, 0.2) is 30.6 Å². The summed E-state index contributed by atoms with van der Waals surface area (Å²) >= 11 is 0. The Hall–Kier alpha value is -3.67. The van der Waals surface area contributed by atoms with E-state index >= 15 is 0 Å². The van der Waals surface area contributed by atoms with Crippen LogP contribution < -0.4 is 10.6 Å². The lowest BCUT2D eigenvalue weighted by Gasteiger charge is -2.15. The van der Waals surface area contributed by atoms with Crippen molar-refractivity contribution < 1.29 is 22.0 Å². The van der Waals surface area contributed by atoms with Crippen LogP contribution >= 0.6 is 13.5 Å². The van der Waals surface area contributed by atoms with Gasteiger partial charge in [0, 0.05) is 49.8 Å². The fourth-order valence-corrected chi connectivity index (χ4v) is 3.92. The lowest BCUT2D eigenvalue weighted by Crippen LogP contribution is -2.21. The monoisotopic (exact) mass is 537 g/mol. The fourth-order valence-electron chi connectivity index (χ4n) is 3.92. The normalized spacial score (nSPS) is 19.4. The van der Waals surface area contributed by atoms with Crippen molar-refractivity contribution in [3.63, 3.8) is 0 Å². The molecule has 0 aliphatic heterocycles. The van der Waals surface area contributed by atoms with E-state index in [-0.39, 0.29) is 49.8 Å².